The van der Waals surface area contributed by atoms with Crippen molar-refractivity contribution in [2.75, 3.05) is 39.5 Å². The van der Waals surface area contributed by atoms with Crippen molar-refractivity contribution < 1.29 is 16.8 Å². The topological polar surface area (TPSA) is 86.8 Å². The maximum Gasteiger partial charge on any atom is 0.242 e. The lowest BCUT2D eigenvalue weighted by atomic mass is 10.1. The standard InChI is InChI=1S/C20H27N3O4S2/c1-22-11-13-23(14-12-22)16-18-9-7-17(8-10-18)15-21-29(26,27)20-6-4-3-5-19(20)28(2,24)25/h3-10,21H,11-16H2,1-2H3. The maximum atomic E-state index is 12.6. The molecule has 29 heavy (non-hydrogen) atoms. The fourth-order valence-electron chi connectivity index (χ4n) is 3.26. The molecule has 0 amide bonds. The van der Waals surface area contributed by atoms with Gasteiger partial charge in [0.25, 0.3) is 0 Å². The van der Waals surface area contributed by atoms with E-state index in [2.05, 4.69) is 21.6 Å². The minimum Gasteiger partial charge on any atom is -0.304 e. The summed E-state index contributed by atoms with van der Waals surface area (Å²) in [5, 5.41) is 0. The number of likely N-dealkylation sites (N-methyl/N-ethyl adjacent to an activating group) is 1. The van der Waals surface area contributed by atoms with E-state index >= 15 is 0 Å². The molecule has 2 aromatic carbocycles. The number of nitrogens with zero attached hydrogens (tertiary/aromatic N) is 2. The van der Waals surface area contributed by atoms with E-state index in [4.69, 9.17) is 0 Å². The first-order chi connectivity index (χ1) is 13.6. The van der Waals surface area contributed by atoms with Gasteiger partial charge in [0.05, 0.1) is 4.90 Å². The van der Waals surface area contributed by atoms with E-state index in [1.807, 2.05) is 24.3 Å². The minimum absolute atomic E-state index is 0.0925. The molecular weight excluding hydrogens is 410 g/mol. The maximum absolute atomic E-state index is 12.6. The van der Waals surface area contributed by atoms with E-state index in [9.17, 15) is 16.8 Å². The summed E-state index contributed by atoms with van der Waals surface area (Å²) in [6, 6.07) is 13.4. The van der Waals surface area contributed by atoms with Crippen LogP contribution < -0.4 is 4.72 Å². The smallest absolute Gasteiger partial charge is 0.242 e. The van der Waals surface area contributed by atoms with Gasteiger partial charge in [-0.3, -0.25) is 4.90 Å². The fourth-order valence-corrected chi connectivity index (χ4v) is 5.91. The predicted octanol–water partition coefficient (Wildman–Crippen LogP) is 1.32. The molecule has 2 aromatic rings. The van der Waals surface area contributed by atoms with Crippen molar-refractivity contribution in [1.29, 1.82) is 0 Å². The van der Waals surface area contributed by atoms with E-state index in [1.165, 1.54) is 29.8 Å². The number of nitrogens with one attached hydrogen (secondary N) is 1. The number of sulfone groups is 1. The molecule has 0 aliphatic carbocycles. The number of piperazine rings is 1. The average Bonchev–Trinajstić information content (AvgIpc) is 2.69. The molecule has 7 nitrogen and oxygen atoms in total. The Labute approximate surface area is 173 Å². The Morgan fingerprint density at radius 3 is 1.97 bits per heavy atom. The number of sulfonamides is 1. The highest BCUT2D eigenvalue weighted by atomic mass is 32.2. The molecule has 0 unspecified atom stereocenters. The normalized spacial score (nSPS) is 16.8. The van der Waals surface area contributed by atoms with Crippen LogP contribution in [0, 0.1) is 0 Å². The van der Waals surface area contributed by atoms with Crippen molar-refractivity contribution in [1.82, 2.24) is 14.5 Å². The van der Waals surface area contributed by atoms with E-state index in [0.717, 1.165) is 44.5 Å². The Balaban J connectivity index is 1.64. The summed E-state index contributed by atoms with van der Waals surface area (Å²) < 4.78 is 51.6. The van der Waals surface area contributed by atoms with Crippen molar-refractivity contribution >= 4 is 19.9 Å². The second-order valence-corrected chi connectivity index (χ2v) is 11.2. The van der Waals surface area contributed by atoms with Gasteiger partial charge in [-0.15, -0.1) is 0 Å². The van der Waals surface area contributed by atoms with Gasteiger partial charge in [-0.2, -0.15) is 0 Å². The van der Waals surface area contributed by atoms with Crippen LogP contribution in [0.2, 0.25) is 0 Å². The van der Waals surface area contributed by atoms with Crippen molar-refractivity contribution in [3.8, 4) is 0 Å². The van der Waals surface area contributed by atoms with Crippen LogP contribution in [0.25, 0.3) is 0 Å². The van der Waals surface area contributed by atoms with Crippen LogP contribution in [0.1, 0.15) is 11.1 Å². The lowest BCUT2D eigenvalue weighted by Crippen LogP contribution is -2.43. The van der Waals surface area contributed by atoms with Gasteiger partial charge >= 0.3 is 0 Å². The van der Waals surface area contributed by atoms with Gasteiger partial charge in [-0.25, -0.2) is 21.6 Å². The largest absolute Gasteiger partial charge is 0.304 e. The molecule has 0 radical (unpaired) electrons. The highest BCUT2D eigenvalue weighted by molar-refractivity contribution is 7.93. The van der Waals surface area contributed by atoms with Crippen molar-refractivity contribution in [2.24, 2.45) is 0 Å². The molecule has 1 aliphatic heterocycles. The van der Waals surface area contributed by atoms with Gasteiger partial charge in [0.15, 0.2) is 9.84 Å². The van der Waals surface area contributed by atoms with Crippen LogP contribution in [0.5, 0.6) is 0 Å². The van der Waals surface area contributed by atoms with Crippen molar-refractivity contribution in [3.63, 3.8) is 0 Å². The quantitative estimate of drug-likeness (QED) is 0.703. The highest BCUT2D eigenvalue weighted by Gasteiger charge is 2.23. The van der Waals surface area contributed by atoms with Gasteiger partial charge < -0.3 is 4.90 Å². The molecule has 3 rings (SSSR count). The van der Waals surface area contributed by atoms with Gasteiger partial charge in [-0.1, -0.05) is 36.4 Å². The first-order valence-corrected chi connectivity index (χ1v) is 12.8. The number of hydrogen-bond donors (Lipinski definition) is 1. The third-order valence-electron chi connectivity index (χ3n) is 5.03. The molecular formula is C20H27N3O4S2. The van der Waals surface area contributed by atoms with Crippen LogP contribution in [0.3, 0.4) is 0 Å². The summed E-state index contributed by atoms with van der Waals surface area (Å²) in [4.78, 5) is 4.29. The highest BCUT2D eigenvalue weighted by Crippen LogP contribution is 2.20. The molecule has 0 aromatic heterocycles. The second kappa shape index (κ2) is 8.93. The monoisotopic (exact) mass is 437 g/mol. The molecule has 0 saturated carbocycles. The summed E-state index contributed by atoms with van der Waals surface area (Å²) >= 11 is 0. The molecule has 0 spiro atoms. The van der Waals surface area contributed by atoms with Crippen LogP contribution in [0.4, 0.5) is 0 Å². The Bertz CT molecular complexity index is 1040. The Hall–Kier alpha value is -1.78. The molecule has 1 saturated heterocycles. The summed E-state index contributed by atoms with van der Waals surface area (Å²) in [6.07, 6.45) is 1.00. The zero-order valence-electron chi connectivity index (χ0n) is 16.7. The Morgan fingerprint density at radius 2 is 1.38 bits per heavy atom. The SMILES string of the molecule is CN1CCN(Cc2ccc(CNS(=O)(=O)c3ccccc3S(C)(=O)=O)cc2)CC1. The zero-order valence-corrected chi connectivity index (χ0v) is 18.3. The van der Waals surface area contributed by atoms with Crippen molar-refractivity contribution in [2.45, 2.75) is 22.9 Å². The van der Waals surface area contributed by atoms with Crippen LogP contribution in [-0.4, -0.2) is 66.1 Å². The van der Waals surface area contributed by atoms with Crippen LogP contribution >= 0.6 is 0 Å². The first-order valence-electron chi connectivity index (χ1n) is 9.43. The van der Waals surface area contributed by atoms with Gasteiger partial charge in [0, 0.05) is 45.5 Å². The summed E-state index contributed by atoms with van der Waals surface area (Å²) in [5.74, 6) is 0. The van der Waals surface area contributed by atoms with E-state index in [1.54, 1.807) is 0 Å². The molecule has 158 valence electrons. The molecule has 1 fully saturated rings. The average molecular weight is 438 g/mol. The number of benzene rings is 2. The van der Waals surface area contributed by atoms with E-state index < -0.39 is 19.9 Å². The van der Waals surface area contributed by atoms with E-state index in [0.29, 0.717) is 0 Å². The fraction of sp³-hybridized carbons (Fsp3) is 0.400. The van der Waals surface area contributed by atoms with Gasteiger partial charge in [0.1, 0.15) is 4.90 Å². The minimum atomic E-state index is -3.95. The van der Waals surface area contributed by atoms with E-state index in [-0.39, 0.29) is 16.3 Å². The van der Waals surface area contributed by atoms with Gasteiger partial charge in [-0.05, 0) is 30.3 Å². The molecule has 1 heterocycles. The summed E-state index contributed by atoms with van der Waals surface area (Å²) in [6.45, 7) is 5.18. The Morgan fingerprint density at radius 1 is 0.828 bits per heavy atom. The summed E-state index contributed by atoms with van der Waals surface area (Å²) in [7, 11) is -5.48. The molecule has 1 aliphatic rings. The second-order valence-electron chi connectivity index (χ2n) is 7.44. The molecule has 1 N–H and O–H groups in total. The Kier molecular flexibility index (Phi) is 6.75. The zero-order chi connectivity index (χ0) is 21.1. The summed E-state index contributed by atoms with van der Waals surface area (Å²) in [5.41, 5.74) is 2.00. The third-order valence-corrected chi connectivity index (χ3v) is 7.77. The first kappa shape index (κ1) is 21.9. The lowest BCUT2D eigenvalue weighted by molar-refractivity contribution is 0.148. The van der Waals surface area contributed by atoms with Gasteiger partial charge in [0.2, 0.25) is 10.0 Å². The predicted molar refractivity (Wildman–Crippen MR) is 113 cm³/mol. The van der Waals surface area contributed by atoms with Crippen LogP contribution in [0.15, 0.2) is 58.3 Å². The van der Waals surface area contributed by atoms with Crippen molar-refractivity contribution in [3.05, 3.63) is 59.7 Å². The molecule has 0 bridgehead atoms. The molecule has 9 heteroatoms. The lowest BCUT2D eigenvalue weighted by Gasteiger charge is -2.32. The number of rotatable bonds is 7. The molecule has 0 atom stereocenters. The van der Waals surface area contributed by atoms with Crippen LogP contribution in [-0.2, 0) is 33.0 Å². The third kappa shape index (κ3) is 5.86. The number of hydrogen-bond acceptors (Lipinski definition) is 6.